The summed E-state index contributed by atoms with van der Waals surface area (Å²) in [5, 5.41) is 2.82. The quantitative estimate of drug-likeness (QED) is 0.542. The standard InChI is InChI=1S/C13H15N5O/c14-18-12-9-10(4-7-16-12)13(19)17-8-5-11-3-1-2-6-15-11/h1-4,6-7,9H,5,8,14H2,(H,16,18)(H,17,19). The number of nitrogen functional groups attached to an aromatic ring is 1. The molecule has 2 heterocycles. The molecule has 98 valence electrons. The van der Waals surface area contributed by atoms with Crippen molar-refractivity contribution in [3.63, 3.8) is 0 Å². The molecule has 6 heteroatoms. The summed E-state index contributed by atoms with van der Waals surface area (Å²) in [5.74, 6) is 5.54. The van der Waals surface area contributed by atoms with Crippen molar-refractivity contribution in [3.8, 4) is 0 Å². The van der Waals surface area contributed by atoms with Crippen molar-refractivity contribution in [1.29, 1.82) is 0 Å². The highest BCUT2D eigenvalue weighted by Gasteiger charge is 2.06. The molecule has 2 aromatic heterocycles. The number of nitrogens with two attached hydrogens (primary N) is 1. The fourth-order valence-electron chi connectivity index (χ4n) is 1.60. The van der Waals surface area contributed by atoms with Crippen LogP contribution in [0.4, 0.5) is 5.82 Å². The van der Waals surface area contributed by atoms with Crippen LogP contribution in [0.5, 0.6) is 0 Å². The molecule has 0 bridgehead atoms. The number of nitrogens with one attached hydrogen (secondary N) is 2. The van der Waals surface area contributed by atoms with E-state index in [2.05, 4.69) is 20.7 Å². The molecular weight excluding hydrogens is 242 g/mol. The first-order chi connectivity index (χ1) is 9.29. The van der Waals surface area contributed by atoms with Crippen LogP contribution in [0.1, 0.15) is 16.1 Å². The molecule has 2 rings (SSSR count). The van der Waals surface area contributed by atoms with Gasteiger partial charge in [0.15, 0.2) is 0 Å². The van der Waals surface area contributed by atoms with Crippen LogP contribution in [-0.4, -0.2) is 22.4 Å². The summed E-state index contributed by atoms with van der Waals surface area (Å²) >= 11 is 0. The predicted molar refractivity (Wildman–Crippen MR) is 72.3 cm³/mol. The Labute approximate surface area is 111 Å². The van der Waals surface area contributed by atoms with Gasteiger partial charge in [-0.3, -0.25) is 9.78 Å². The lowest BCUT2D eigenvalue weighted by molar-refractivity contribution is 0.0954. The fourth-order valence-corrected chi connectivity index (χ4v) is 1.60. The molecule has 0 saturated heterocycles. The second-order valence-corrected chi connectivity index (χ2v) is 3.90. The highest BCUT2D eigenvalue weighted by Crippen LogP contribution is 2.05. The zero-order valence-corrected chi connectivity index (χ0v) is 10.3. The molecule has 0 aliphatic carbocycles. The average Bonchev–Trinajstić information content (AvgIpc) is 2.48. The lowest BCUT2D eigenvalue weighted by Crippen LogP contribution is -2.26. The van der Waals surface area contributed by atoms with Crippen LogP contribution in [0.25, 0.3) is 0 Å². The van der Waals surface area contributed by atoms with Crippen molar-refractivity contribution >= 4 is 11.7 Å². The van der Waals surface area contributed by atoms with E-state index in [-0.39, 0.29) is 5.91 Å². The molecule has 6 nitrogen and oxygen atoms in total. The second-order valence-electron chi connectivity index (χ2n) is 3.90. The summed E-state index contributed by atoms with van der Waals surface area (Å²) in [7, 11) is 0. The Morgan fingerprint density at radius 2 is 2.11 bits per heavy atom. The number of aromatic nitrogens is 2. The van der Waals surface area contributed by atoms with Gasteiger partial charge in [-0.05, 0) is 24.3 Å². The van der Waals surface area contributed by atoms with Gasteiger partial charge < -0.3 is 10.7 Å². The van der Waals surface area contributed by atoms with Crippen molar-refractivity contribution in [2.24, 2.45) is 5.84 Å². The average molecular weight is 257 g/mol. The lowest BCUT2D eigenvalue weighted by Gasteiger charge is -2.06. The van der Waals surface area contributed by atoms with Gasteiger partial charge in [0.05, 0.1) is 0 Å². The molecule has 0 saturated carbocycles. The van der Waals surface area contributed by atoms with Crippen molar-refractivity contribution in [3.05, 3.63) is 54.0 Å². The van der Waals surface area contributed by atoms with Crippen LogP contribution in [0.2, 0.25) is 0 Å². The third kappa shape index (κ3) is 3.75. The predicted octanol–water partition coefficient (Wildman–Crippen LogP) is 0.735. The lowest BCUT2D eigenvalue weighted by atomic mass is 10.2. The number of hydrogen-bond donors (Lipinski definition) is 3. The topological polar surface area (TPSA) is 92.9 Å². The summed E-state index contributed by atoms with van der Waals surface area (Å²) in [6, 6.07) is 8.94. The fraction of sp³-hybridized carbons (Fsp3) is 0.154. The zero-order chi connectivity index (χ0) is 13.5. The second kappa shape index (κ2) is 6.46. The SMILES string of the molecule is NNc1cc(C(=O)NCCc2ccccn2)ccn1. The Balaban J connectivity index is 1.87. The molecule has 4 N–H and O–H groups in total. The number of amides is 1. The minimum atomic E-state index is -0.158. The molecule has 0 fully saturated rings. The molecule has 19 heavy (non-hydrogen) atoms. The van der Waals surface area contributed by atoms with Crippen molar-refractivity contribution < 1.29 is 4.79 Å². The van der Waals surface area contributed by atoms with Crippen LogP contribution in [-0.2, 0) is 6.42 Å². The van der Waals surface area contributed by atoms with Gasteiger partial charge in [0.25, 0.3) is 5.91 Å². The maximum absolute atomic E-state index is 11.9. The van der Waals surface area contributed by atoms with Gasteiger partial charge in [0.1, 0.15) is 5.82 Å². The number of nitrogens with zero attached hydrogens (tertiary/aromatic N) is 2. The number of pyridine rings is 2. The summed E-state index contributed by atoms with van der Waals surface area (Å²) in [6.07, 6.45) is 3.96. The van der Waals surface area contributed by atoms with Crippen LogP contribution < -0.4 is 16.6 Å². The molecule has 0 aliphatic heterocycles. The number of anilines is 1. The summed E-state index contributed by atoms with van der Waals surface area (Å²) in [6.45, 7) is 0.531. The summed E-state index contributed by atoms with van der Waals surface area (Å²) in [4.78, 5) is 20.0. The minimum absolute atomic E-state index is 0.158. The number of hydrazine groups is 1. The van der Waals surface area contributed by atoms with Gasteiger partial charge in [-0.15, -0.1) is 0 Å². The van der Waals surface area contributed by atoms with E-state index in [1.54, 1.807) is 18.3 Å². The van der Waals surface area contributed by atoms with Gasteiger partial charge in [0, 0.05) is 36.6 Å². The maximum atomic E-state index is 11.9. The van der Waals surface area contributed by atoms with E-state index >= 15 is 0 Å². The monoisotopic (exact) mass is 257 g/mol. The van der Waals surface area contributed by atoms with E-state index < -0.39 is 0 Å². The Morgan fingerprint density at radius 1 is 1.21 bits per heavy atom. The van der Waals surface area contributed by atoms with Crippen molar-refractivity contribution in [2.75, 3.05) is 12.0 Å². The first kappa shape index (κ1) is 13.0. The van der Waals surface area contributed by atoms with Crippen molar-refractivity contribution in [2.45, 2.75) is 6.42 Å². The van der Waals surface area contributed by atoms with Crippen molar-refractivity contribution in [1.82, 2.24) is 15.3 Å². The van der Waals surface area contributed by atoms with Gasteiger partial charge in [-0.2, -0.15) is 0 Å². The largest absolute Gasteiger partial charge is 0.352 e. The van der Waals surface area contributed by atoms with Crippen LogP contribution >= 0.6 is 0 Å². The smallest absolute Gasteiger partial charge is 0.251 e. The Morgan fingerprint density at radius 3 is 2.84 bits per heavy atom. The van der Waals surface area contributed by atoms with Gasteiger partial charge in [-0.1, -0.05) is 6.07 Å². The molecule has 0 radical (unpaired) electrons. The van der Waals surface area contributed by atoms with Gasteiger partial charge >= 0.3 is 0 Å². The molecule has 0 aliphatic rings. The van der Waals surface area contributed by atoms with Crippen LogP contribution in [0.3, 0.4) is 0 Å². The maximum Gasteiger partial charge on any atom is 0.251 e. The van der Waals surface area contributed by atoms with Crippen LogP contribution in [0, 0.1) is 0 Å². The Bertz CT molecular complexity index is 544. The van der Waals surface area contributed by atoms with Crippen LogP contribution in [0.15, 0.2) is 42.7 Å². The molecule has 0 aromatic carbocycles. The van der Waals surface area contributed by atoms with E-state index in [0.29, 0.717) is 24.3 Å². The molecule has 0 unspecified atom stereocenters. The van der Waals surface area contributed by atoms with E-state index in [9.17, 15) is 4.79 Å². The minimum Gasteiger partial charge on any atom is -0.352 e. The number of hydrogen-bond acceptors (Lipinski definition) is 5. The first-order valence-corrected chi connectivity index (χ1v) is 5.90. The third-order valence-corrected chi connectivity index (χ3v) is 2.56. The van der Waals surface area contributed by atoms with E-state index in [4.69, 9.17) is 5.84 Å². The highest BCUT2D eigenvalue weighted by molar-refractivity contribution is 5.94. The normalized spacial score (nSPS) is 9.95. The molecule has 2 aromatic rings. The first-order valence-electron chi connectivity index (χ1n) is 5.90. The number of rotatable bonds is 5. The summed E-state index contributed by atoms with van der Waals surface area (Å²) in [5.41, 5.74) is 3.87. The Kier molecular flexibility index (Phi) is 4.41. The third-order valence-electron chi connectivity index (χ3n) is 2.56. The van der Waals surface area contributed by atoms with E-state index in [0.717, 1.165) is 5.69 Å². The zero-order valence-electron chi connectivity index (χ0n) is 10.3. The molecule has 0 atom stereocenters. The Hall–Kier alpha value is -2.47. The molecule has 1 amide bonds. The van der Waals surface area contributed by atoms with Gasteiger partial charge in [-0.25, -0.2) is 10.8 Å². The van der Waals surface area contributed by atoms with E-state index in [1.165, 1.54) is 6.20 Å². The van der Waals surface area contributed by atoms with Gasteiger partial charge in [0.2, 0.25) is 0 Å². The van der Waals surface area contributed by atoms with E-state index in [1.807, 2.05) is 18.2 Å². The number of carbonyl (C=O) groups is 1. The molecular formula is C13H15N5O. The number of carbonyl (C=O) groups excluding carboxylic acids is 1. The highest BCUT2D eigenvalue weighted by atomic mass is 16.1. The molecule has 0 spiro atoms. The summed E-state index contributed by atoms with van der Waals surface area (Å²) < 4.78 is 0.